The molecule has 0 saturated heterocycles. The summed E-state index contributed by atoms with van der Waals surface area (Å²) in [5.41, 5.74) is 0.731. The highest BCUT2D eigenvalue weighted by Gasteiger charge is 2.45. The van der Waals surface area contributed by atoms with Crippen molar-refractivity contribution in [3.05, 3.63) is 11.1 Å². The molecule has 0 heterocycles. The summed E-state index contributed by atoms with van der Waals surface area (Å²) in [5, 5.41) is -4.31. The van der Waals surface area contributed by atoms with Gasteiger partial charge in [0.25, 0.3) is 0 Å². The van der Waals surface area contributed by atoms with Crippen molar-refractivity contribution in [3.63, 3.8) is 0 Å². The second-order valence-electron chi connectivity index (χ2n) is 3.03. The first kappa shape index (κ1) is 12.5. The van der Waals surface area contributed by atoms with Gasteiger partial charge in [-0.1, -0.05) is 15.0 Å². The van der Waals surface area contributed by atoms with E-state index in [1.54, 1.807) is 13.8 Å². The third-order valence-corrected chi connectivity index (χ3v) is 2.54. The summed E-state index contributed by atoms with van der Waals surface area (Å²) in [6.07, 6.45) is -1.09. The number of hydrogen-bond donors (Lipinski definition) is 0. The van der Waals surface area contributed by atoms with Crippen LogP contribution in [0.15, 0.2) is 11.1 Å². The number of rotatable bonds is 3. The van der Waals surface area contributed by atoms with Crippen LogP contribution in [0.25, 0.3) is 0 Å². The van der Waals surface area contributed by atoms with Crippen LogP contribution in [0.5, 0.6) is 0 Å². The molecule has 0 spiro atoms. The lowest BCUT2D eigenvalue weighted by Crippen LogP contribution is -2.25. The van der Waals surface area contributed by atoms with Gasteiger partial charge in [-0.2, -0.15) is 17.2 Å². The van der Waals surface area contributed by atoms with E-state index in [1.807, 2.05) is 0 Å². The average Bonchev–Trinajstić information content (AvgIpc) is 1.83. The van der Waals surface area contributed by atoms with Crippen LogP contribution in [-0.2, 0) is 10.2 Å². The van der Waals surface area contributed by atoms with Gasteiger partial charge in [-0.05, 0) is 20.8 Å². The summed E-state index contributed by atoms with van der Waals surface area (Å²) in [5.74, 6) is 0. The Morgan fingerprint density at radius 1 is 1.23 bits per heavy atom. The Hall–Kier alpha value is -0.520. The van der Waals surface area contributed by atoms with Gasteiger partial charge in [0.05, 0.1) is 6.42 Å². The fraction of sp³-hybridized carbons (Fsp3) is 0.714. The van der Waals surface area contributed by atoms with E-state index in [0.29, 0.717) is 5.57 Å². The molecule has 0 rings (SSSR count). The quantitative estimate of drug-likeness (QED) is 0.536. The van der Waals surface area contributed by atoms with Gasteiger partial charge < -0.3 is 0 Å². The molecule has 0 radical (unpaired) electrons. The number of hydrogen-bond acceptors (Lipinski definition) is 2. The van der Waals surface area contributed by atoms with E-state index in [2.05, 4.69) is 0 Å². The first-order valence-corrected chi connectivity index (χ1v) is 4.91. The molecule has 0 aliphatic carbocycles. The average molecular weight is 216 g/mol. The van der Waals surface area contributed by atoms with Gasteiger partial charge in [0.2, 0.25) is 0 Å². The van der Waals surface area contributed by atoms with E-state index in [9.17, 15) is 21.1 Å². The summed E-state index contributed by atoms with van der Waals surface area (Å²) in [7, 11) is -5.80. The van der Waals surface area contributed by atoms with E-state index >= 15 is 0 Å². The van der Waals surface area contributed by atoms with E-state index < -0.39 is 21.9 Å². The highest BCUT2D eigenvalue weighted by atomic mass is 32.3. The van der Waals surface area contributed by atoms with Crippen LogP contribution in [0.1, 0.15) is 27.2 Å². The van der Waals surface area contributed by atoms with Crippen LogP contribution < -0.4 is 0 Å². The standard InChI is InChI=1S/C7H11F3O2S/c1-5(2)6(3)4-7(8,9)13(10,11)12/h4H2,1-3H3. The zero-order valence-electron chi connectivity index (χ0n) is 7.57. The third kappa shape index (κ3) is 3.38. The first-order chi connectivity index (χ1) is 5.58. The van der Waals surface area contributed by atoms with Crippen LogP contribution >= 0.6 is 0 Å². The SMILES string of the molecule is CC(C)=C(C)CC(F)(F)S(=O)(=O)F. The molecule has 78 valence electrons. The maximum absolute atomic E-state index is 12.5. The minimum atomic E-state index is -5.80. The van der Waals surface area contributed by atoms with Crippen molar-refractivity contribution in [1.29, 1.82) is 0 Å². The summed E-state index contributed by atoms with van der Waals surface area (Å²) in [6, 6.07) is 0. The Kier molecular flexibility index (Phi) is 3.54. The molecule has 0 aromatic heterocycles. The van der Waals surface area contributed by atoms with E-state index in [-0.39, 0.29) is 5.57 Å². The Morgan fingerprint density at radius 3 is 1.85 bits per heavy atom. The van der Waals surface area contributed by atoms with Crippen molar-refractivity contribution < 1.29 is 21.1 Å². The molecule has 0 aliphatic rings. The van der Waals surface area contributed by atoms with Crippen LogP contribution in [0.2, 0.25) is 0 Å². The highest BCUT2D eigenvalue weighted by Crippen LogP contribution is 2.31. The Labute approximate surface area is 75.7 Å². The lowest BCUT2D eigenvalue weighted by Gasteiger charge is -2.12. The van der Waals surface area contributed by atoms with Gasteiger partial charge in [-0.25, -0.2) is 0 Å². The molecule has 0 unspecified atom stereocenters. The van der Waals surface area contributed by atoms with Gasteiger partial charge in [0, 0.05) is 0 Å². The topological polar surface area (TPSA) is 34.1 Å². The smallest absolute Gasteiger partial charge is 0.188 e. The fourth-order valence-electron chi connectivity index (χ4n) is 0.572. The largest absolute Gasteiger partial charge is 0.377 e. The van der Waals surface area contributed by atoms with E-state index in [1.165, 1.54) is 6.92 Å². The second-order valence-corrected chi connectivity index (χ2v) is 4.51. The number of alkyl halides is 2. The zero-order chi connectivity index (χ0) is 10.9. The predicted molar refractivity (Wildman–Crippen MR) is 43.6 cm³/mol. The second kappa shape index (κ2) is 3.69. The van der Waals surface area contributed by atoms with Crippen molar-refractivity contribution in [2.75, 3.05) is 0 Å². The van der Waals surface area contributed by atoms with Crippen LogP contribution in [0.4, 0.5) is 12.7 Å². The van der Waals surface area contributed by atoms with Gasteiger partial charge in [-0.3, -0.25) is 0 Å². The number of allylic oxidation sites excluding steroid dienone is 2. The Balaban J connectivity index is 4.84. The van der Waals surface area contributed by atoms with Gasteiger partial charge in [0.1, 0.15) is 0 Å². The van der Waals surface area contributed by atoms with Gasteiger partial charge in [-0.15, -0.1) is 0 Å². The molecular weight excluding hydrogens is 205 g/mol. The predicted octanol–water partition coefficient (Wildman–Crippen LogP) is 2.62. The highest BCUT2D eigenvalue weighted by molar-refractivity contribution is 7.87. The van der Waals surface area contributed by atoms with Gasteiger partial charge >= 0.3 is 15.5 Å². The fourth-order valence-corrected chi connectivity index (χ4v) is 0.961. The Bertz CT molecular complexity index is 313. The first-order valence-electron chi connectivity index (χ1n) is 3.53. The van der Waals surface area contributed by atoms with Crippen LogP contribution in [0.3, 0.4) is 0 Å². The monoisotopic (exact) mass is 216 g/mol. The summed E-state index contributed by atoms with van der Waals surface area (Å²) < 4.78 is 57.0. The molecule has 0 N–H and O–H groups in total. The molecule has 2 nitrogen and oxygen atoms in total. The van der Waals surface area contributed by atoms with E-state index in [4.69, 9.17) is 0 Å². The molecule has 0 atom stereocenters. The molecule has 6 heteroatoms. The molecule has 0 saturated carbocycles. The minimum Gasteiger partial charge on any atom is -0.188 e. The van der Waals surface area contributed by atoms with Crippen molar-refractivity contribution in [2.45, 2.75) is 32.4 Å². The molecule has 0 aromatic carbocycles. The molecule has 13 heavy (non-hydrogen) atoms. The molecule has 0 aromatic rings. The molecule has 0 amide bonds. The lowest BCUT2D eigenvalue weighted by molar-refractivity contribution is 0.0861. The molecule has 0 bridgehead atoms. The molecule has 0 fully saturated rings. The minimum absolute atomic E-state index is 0.172. The summed E-state index contributed by atoms with van der Waals surface area (Å²) in [4.78, 5) is 0. The lowest BCUT2D eigenvalue weighted by atomic mass is 10.1. The maximum Gasteiger partial charge on any atom is 0.377 e. The zero-order valence-corrected chi connectivity index (χ0v) is 8.38. The van der Waals surface area contributed by atoms with Crippen LogP contribution in [-0.4, -0.2) is 13.7 Å². The summed E-state index contributed by atoms with van der Waals surface area (Å²) >= 11 is 0. The van der Waals surface area contributed by atoms with Crippen molar-refractivity contribution in [3.8, 4) is 0 Å². The van der Waals surface area contributed by atoms with Crippen molar-refractivity contribution in [1.82, 2.24) is 0 Å². The van der Waals surface area contributed by atoms with Crippen LogP contribution in [0, 0.1) is 0 Å². The normalized spacial score (nSPS) is 12.8. The van der Waals surface area contributed by atoms with Crippen molar-refractivity contribution >= 4 is 10.2 Å². The summed E-state index contributed by atoms with van der Waals surface area (Å²) in [6.45, 7) is 4.45. The Morgan fingerprint density at radius 2 is 1.62 bits per heavy atom. The molecular formula is C7H11F3O2S. The maximum atomic E-state index is 12.5. The van der Waals surface area contributed by atoms with E-state index in [0.717, 1.165) is 0 Å². The number of halogens is 3. The third-order valence-electron chi connectivity index (χ3n) is 1.68. The van der Waals surface area contributed by atoms with Gasteiger partial charge in [0.15, 0.2) is 0 Å². The van der Waals surface area contributed by atoms with Crippen molar-refractivity contribution in [2.24, 2.45) is 0 Å². The molecule has 0 aliphatic heterocycles.